The van der Waals surface area contributed by atoms with Crippen LogP contribution in [0.25, 0.3) is 0 Å². The molecule has 98 valence electrons. The fourth-order valence-corrected chi connectivity index (χ4v) is 2.18. The summed E-state index contributed by atoms with van der Waals surface area (Å²) in [4.78, 5) is 13.6. The van der Waals surface area contributed by atoms with Crippen molar-refractivity contribution in [2.75, 3.05) is 18.0 Å². The van der Waals surface area contributed by atoms with Crippen LogP contribution in [0.4, 0.5) is 5.82 Å². The van der Waals surface area contributed by atoms with Gasteiger partial charge < -0.3 is 16.0 Å². The van der Waals surface area contributed by atoms with Gasteiger partial charge in [-0.25, -0.2) is 0 Å². The number of carbonyl (C=O) groups excluding carboxylic acids is 1. The fourth-order valence-electron chi connectivity index (χ4n) is 2.18. The number of aromatic nitrogens is 2. The third-order valence-electron chi connectivity index (χ3n) is 3.16. The summed E-state index contributed by atoms with van der Waals surface area (Å²) in [5.74, 6) is 0.760. The molecule has 2 heterocycles. The molecule has 6 nitrogen and oxygen atoms in total. The predicted octanol–water partition coefficient (Wildman–Crippen LogP) is -0.0912. The Hall–Kier alpha value is -1.69. The third kappa shape index (κ3) is 2.95. The number of hydrogen-bond donors (Lipinski definition) is 2. The minimum atomic E-state index is -0.462. The molecule has 1 aromatic rings. The van der Waals surface area contributed by atoms with Crippen LogP contribution < -0.4 is 16.0 Å². The third-order valence-corrected chi connectivity index (χ3v) is 3.16. The van der Waals surface area contributed by atoms with Gasteiger partial charge in [-0.2, -0.15) is 5.10 Å². The minimum Gasteiger partial charge on any atom is -0.353 e. The molecule has 2 atom stereocenters. The van der Waals surface area contributed by atoms with Crippen molar-refractivity contribution in [3.8, 4) is 0 Å². The zero-order valence-electron chi connectivity index (χ0n) is 10.5. The second-order valence-electron chi connectivity index (χ2n) is 4.61. The normalized spacial score (nSPS) is 20.8. The van der Waals surface area contributed by atoms with Crippen molar-refractivity contribution in [2.24, 2.45) is 5.73 Å². The summed E-state index contributed by atoms with van der Waals surface area (Å²) in [7, 11) is 0. The van der Waals surface area contributed by atoms with Crippen molar-refractivity contribution < 1.29 is 4.79 Å². The highest BCUT2D eigenvalue weighted by atomic mass is 16.2. The van der Waals surface area contributed by atoms with Crippen molar-refractivity contribution in [1.29, 1.82) is 0 Å². The molecule has 2 rings (SSSR count). The first-order valence-corrected chi connectivity index (χ1v) is 6.26. The Balaban J connectivity index is 1.94. The van der Waals surface area contributed by atoms with Crippen LogP contribution in [0.2, 0.25) is 0 Å². The van der Waals surface area contributed by atoms with E-state index in [1.807, 2.05) is 12.1 Å². The Morgan fingerprint density at radius 2 is 2.56 bits per heavy atom. The molecule has 0 spiro atoms. The molecule has 3 N–H and O–H groups in total. The monoisotopic (exact) mass is 249 g/mol. The maximum Gasteiger partial charge on any atom is 0.236 e. The number of amides is 1. The van der Waals surface area contributed by atoms with E-state index in [0.29, 0.717) is 6.54 Å². The zero-order valence-corrected chi connectivity index (χ0v) is 10.5. The Morgan fingerprint density at radius 1 is 1.72 bits per heavy atom. The second-order valence-corrected chi connectivity index (χ2v) is 4.61. The highest BCUT2D eigenvalue weighted by molar-refractivity contribution is 5.81. The molecule has 0 aromatic carbocycles. The fraction of sp³-hybridized carbons (Fsp3) is 0.583. The summed E-state index contributed by atoms with van der Waals surface area (Å²) in [5.41, 5.74) is 5.52. The molecule has 2 unspecified atom stereocenters. The van der Waals surface area contributed by atoms with Crippen molar-refractivity contribution in [3.63, 3.8) is 0 Å². The van der Waals surface area contributed by atoms with Crippen LogP contribution in [0.3, 0.4) is 0 Å². The standard InChI is InChI=1S/C12H19N5O/c1-9(13)12(18)14-8-10-4-3-7-17(10)11-5-2-6-15-16-11/h2,5-6,9-10H,3-4,7-8,13H2,1H3,(H,14,18). The van der Waals surface area contributed by atoms with Gasteiger partial charge in [0.15, 0.2) is 5.82 Å². The first-order valence-electron chi connectivity index (χ1n) is 6.26. The number of nitrogens with zero attached hydrogens (tertiary/aromatic N) is 3. The van der Waals surface area contributed by atoms with Crippen molar-refractivity contribution in [1.82, 2.24) is 15.5 Å². The molecule has 1 aliphatic heterocycles. The molecule has 1 aromatic heterocycles. The molecular formula is C12H19N5O. The summed E-state index contributed by atoms with van der Waals surface area (Å²) >= 11 is 0. The average molecular weight is 249 g/mol. The lowest BCUT2D eigenvalue weighted by Gasteiger charge is -2.25. The Morgan fingerprint density at radius 3 is 3.22 bits per heavy atom. The van der Waals surface area contributed by atoms with Gasteiger partial charge in [-0.3, -0.25) is 4.79 Å². The number of nitrogens with two attached hydrogens (primary N) is 1. The zero-order chi connectivity index (χ0) is 13.0. The highest BCUT2D eigenvalue weighted by Crippen LogP contribution is 2.22. The number of carbonyl (C=O) groups is 1. The Kier molecular flexibility index (Phi) is 4.09. The van der Waals surface area contributed by atoms with Crippen LogP contribution in [-0.4, -0.2) is 41.3 Å². The molecule has 1 amide bonds. The van der Waals surface area contributed by atoms with Gasteiger partial charge in [0.1, 0.15) is 0 Å². The molecule has 0 aliphatic carbocycles. The van der Waals surface area contributed by atoms with Gasteiger partial charge in [0.05, 0.1) is 6.04 Å². The molecule has 0 radical (unpaired) electrons. The van der Waals surface area contributed by atoms with Gasteiger partial charge >= 0.3 is 0 Å². The molecule has 0 saturated carbocycles. The van der Waals surface area contributed by atoms with E-state index in [1.165, 1.54) is 0 Å². The maximum atomic E-state index is 11.5. The van der Waals surface area contributed by atoms with Crippen LogP contribution in [0.5, 0.6) is 0 Å². The summed E-state index contributed by atoms with van der Waals surface area (Å²) in [6.07, 6.45) is 3.82. The number of nitrogens with one attached hydrogen (secondary N) is 1. The second kappa shape index (κ2) is 5.77. The smallest absolute Gasteiger partial charge is 0.236 e. The summed E-state index contributed by atoms with van der Waals surface area (Å²) < 4.78 is 0. The van der Waals surface area contributed by atoms with E-state index in [0.717, 1.165) is 25.2 Å². The molecule has 1 aliphatic rings. The Labute approximate surface area is 107 Å². The molecule has 18 heavy (non-hydrogen) atoms. The lowest BCUT2D eigenvalue weighted by molar-refractivity contribution is -0.122. The lowest BCUT2D eigenvalue weighted by Crippen LogP contribution is -2.45. The topological polar surface area (TPSA) is 84.1 Å². The van der Waals surface area contributed by atoms with E-state index >= 15 is 0 Å². The van der Waals surface area contributed by atoms with Gasteiger partial charge in [-0.15, -0.1) is 5.10 Å². The first kappa shape index (κ1) is 12.8. The van der Waals surface area contributed by atoms with E-state index in [2.05, 4.69) is 20.4 Å². The number of hydrogen-bond acceptors (Lipinski definition) is 5. The van der Waals surface area contributed by atoms with Gasteiger partial charge in [-0.05, 0) is 31.9 Å². The van der Waals surface area contributed by atoms with Crippen LogP contribution in [0.15, 0.2) is 18.3 Å². The summed E-state index contributed by atoms with van der Waals surface area (Å²) in [6, 6.07) is 3.64. The SMILES string of the molecule is CC(N)C(=O)NCC1CCCN1c1cccnn1. The first-order chi connectivity index (χ1) is 8.68. The molecular weight excluding hydrogens is 230 g/mol. The quantitative estimate of drug-likeness (QED) is 0.779. The summed E-state index contributed by atoms with van der Waals surface area (Å²) in [5, 5.41) is 10.9. The largest absolute Gasteiger partial charge is 0.353 e. The van der Waals surface area contributed by atoms with Crippen LogP contribution in [-0.2, 0) is 4.79 Å². The number of anilines is 1. The molecule has 6 heteroatoms. The van der Waals surface area contributed by atoms with E-state index in [9.17, 15) is 4.79 Å². The van der Waals surface area contributed by atoms with E-state index < -0.39 is 6.04 Å². The number of rotatable bonds is 4. The van der Waals surface area contributed by atoms with Gasteiger partial charge in [0.2, 0.25) is 5.91 Å². The van der Waals surface area contributed by atoms with E-state index in [-0.39, 0.29) is 11.9 Å². The van der Waals surface area contributed by atoms with Gasteiger partial charge in [0, 0.05) is 25.3 Å². The maximum absolute atomic E-state index is 11.5. The average Bonchev–Trinajstić information content (AvgIpc) is 2.85. The van der Waals surface area contributed by atoms with Crippen LogP contribution in [0.1, 0.15) is 19.8 Å². The van der Waals surface area contributed by atoms with Crippen LogP contribution >= 0.6 is 0 Å². The Bertz CT molecular complexity index is 395. The van der Waals surface area contributed by atoms with Crippen molar-refractivity contribution in [3.05, 3.63) is 18.3 Å². The summed E-state index contributed by atoms with van der Waals surface area (Å²) in [6.45, 7) is 3.25. The molecule has 0 bridgehead atoms. The predicted molar refractivity (Wildman–Crippen MR) is 69.1 cm³/mol. The van der Waals surface area contributed by atoms with E-state index in [1.54, 1.807) is 13.1 Å². The van der Waals surface area contributed by atoms with E-state index in [4.69, 9.17) is 5.73 Å². The van der Waals surface area contributed by atoms with Crippen molar-refractivity contribution in [2.45, 2.75) is 31.8 Å². The lowest BCUT2D eigenvalue weighted by atomic mass is 10.2. The van der Waals surface area contributed by atoms with Gasteiger partial charge in [-0.1, -0.05) is 0 Å². The van der Waals surface area contributed by atoms with Gasteiger partial charge in [0.25, 0.3) is 0 Å². The highest BCUT2D eigenvalue weighted by Gasteiger charge is 2.26. The van der Waals surface area contributed by atoms with Crippen molar-refractivity contribution >= 4 is 11.7 Å². The minimum absolute atomic E-state index is 0.110. The molecule has 1 fully saturated rings. The van der Waals surface area contributed by atoms with Crippen LogP contribution in [0, 0.1) is 0 Å². The molecule has 1 saturated heterocycles.